The number of aromatic nitrogens is 5. The largest absolute Gasteiger partial charge is 0.343 e. The monoisotopic (exact) mass is 629 g/mol. The summed E-state index contributed by atoms with van der Waals surface area (Å²) in [6, 6.07) is 12.4. The number of carbonyl (C=O) groups is 1. The number of pyridine rings is 2. The van der Waals surface area contributed by atoms with Gasteiger partial charge in [-0.05, 0) is 56.3 Å². The first kappa shape index (κ1) is 29.4. The van der Waals surface area contributed by atoms with Gasteiger partial charge in [0.1, 0.15) is 11.4 Å². The summed E-state index contributed by atoms with van der Waals surface area (Å²) in [4.78, 5) is 44.2. The number of hydrogen-bond acceptors (Lipinski definition) is 6. The smallest absolute Gasteiger partial charge is 0.259 e. The van der Waals surface area contributed by atoms with Crippen LogP contribution >= 0.6 is 11.6 Å². The van der Waals surface area contributed by atoms with Gasteiger partial charge in [0, 0.05) is 62.0 Å². The van der Waals surface area contributed by atoms with Crippen molar-refractivity contribution in [3.63, 3.8) is 0 Å². The zero-order chi connectivity index (χ0) is 31.6. The Hall–Kier alpha value is -4.35. The van der Waals surface area contributed by atoms with Gasteiger partial charge < -0.3 is 14.0 Å². The van der Waals surface area contributed by atoms with Crippen LogP contribution in [0.2, 0.25) is 5.02 Å². The molecule has 3 aromatic heterocycles. The number of nitrogens with zero attached hydrogens (tertiary/aromatic N) is 7. The van der Waals surface area contributed by atoms with E-state index in [-0.39, 0.29) is 45.6 Å². The standard InChI is InChI=1S/C33H33ClFN7O3/c1-19-13-39(33(45)26-18-42(24-8-9-24)30-12-27(34)28(35)11-25(30)31(26)43)14-20(2)41(19)17-23-16-40(37-36-23)15-22-10-21-6-4-5-7-29(21)38(3)32(22)44/h4-7,10-12,16,18-20,24H,8-9,13-15,17H2,1-3H3/t19-,20+. The van der Waals surface area contributed by atoms with E-state index in [2.05, 4.69) is 15.2 Å². The Bertz CT molecular complexity index is 2090. The van der Waals surface area contributed by atoms with Crippen molar-refractivity contribution in [3.05, 3.63) is 103 Å². The minimum Gasteiger partial charge on any atom is -0.343 e. The molecule has 4 heterocycles. The molecule has 2 aliphatic rings. The minimum absolute atomic E-state index is 0.0296. The molecule has 5 aromatic rings. The van der Waals surface area contributed by atoms with Gasteiger partial charge in [-0.15, -0.1) is 5.10 Å². The van der Waals surface area contributed by atoms with Gasteiger partial charge in [-0.1, -0.05) is 35.0 Å². The van der Waals surface area contributed by atoms with Crippen molar-refractivity contribution in [2.45, 2.75) is 57.9 Å². The van der Waals surface area contributed by atoms with Crippen molar-refractivity contribution in [1.29, 1.82) is 0 Å². The highest BCUT2D eigenvalue weighted by molar-refractivity contribution is 6.31. The van der Waals surface area contributed by atoms with Crippen LogP contribution in [-0.2, 0) is 20.1 Å². The van der Waals surface area contributed by atoms with E-state index in [4.69, 9.17) is 11.6 Å². The number of halogens is 2. The molecule has 0 unspecified atom stereocenters. The van der Waals surface area contributed by atoms with Crippen molar-refractivity contribution >= 4 is 39.3 Å². The van der Waals surface area contributed by atoms with Gasteiger partial charge in [0.05, 0.1) is 34.5 Å². The molecule has 232 valence electrons. The molecule has 2 fully saturated rings. The Morgan fingerprint density at radius 3 is 2.47 bits per heavy atom. The number of amides is 1. The lowest BCUT2D eigenvalue weighted by Crippen LogP contribution is -2.58. The molecule has 0 N–H and O–H groups in total. The highest BCUT2D eigenvalue weighted by atomic mass is 35.5. The quantitative estimate of drug-likeness (QED) is 0.277. The van der Waals surface area contributed by atoms with Crippen LogP contribution < -0.4 is 11.0 Å². The topological polar surface area (TPSA) is 98.3 Å². The normalized spacial score (nSPS) is 19.1. The summed E-state index contributed by atoms with van der Waals surface area (Å²) in [5.41, 5.74) is 2.30. The average molecular weight is 630 g/mol. The van der Waals surface area contributed by atoms with Crippen LogP contribution in [0.4, 0.5) is 4.39 Å². The van der Waals surface area contributed by atoms with Crippen molar-refractivity contribution in [3.8, 4) is 0 Å². The zero-order valence-electron chi connectivity index (χ0n) is 25.3. The molecule has 1 aliphatic heterocycles. The van der Waals surface area contributed by atoms with Crippen molar-refractivity contribution in [2.75, 3.05) is 13.1 Å². The van der Waals surface area contributed by atoms with E-state index >= 15 is 0 Å². The van der Waals surface area contributed by atoms with E-state index in [1.165, 1.54) is 6.07 Å². The van der Waals surface area contributed by atoms with Crippen LogP contribution in [0.5, 0.6) is 0 Å². The number of fused-ring (bicyclic) bond motifs is 2. The molecule has 2 atom stereocenters. The number of hydrogen-bond donors (Lipinski definition) is 0. The zero-order valence-corrected chi connectivity index (χ0v) is 26.0. The first-order valence-corrected chi connectivity index (χ1v) is 15.5. The van der Waals surface area contributed by atoms with E-state index in [0.717, 1.165) is 35.5 Å². The molecule has 10 nitrogen and oxygen atoms in total. The van der Waals surface area contributed by atoms with Crippen molar-refractivity contribution in [1.82, 2.24) is 33.9 Å². The van der Waals surface area contributed by atoms with E-state index in [9.17, 15) is 18.8 Å². The summed E-state index contributed by atoms with van der Waals surface area (Å²) in [7, 11) is 1.77. The molecule has 45 heavy (non-hydrogen) atoms. The Balaban J connectivity index is 1.08. The number of benzene rings is 2. The van der Waals surface area contributed by atoms with Crippen LogP contribution in [-0.4, -0.2) is 65.0 Å². The molecule has 2 aromatic carbocycles. The lowest BCUT2D eigenvalue weighted by Gasteiger charge is -2.44. The van der Waals surface area contributed by atoms with Crippen molar-refractivity contribution < 1.29 is 9.18 Å². The number of aryl methyl sites for hydroxylation is 1. The summed E-state index contributed by atoms with van der Waals surface area (Å²) >= 11 is 6.04. The van der Waals surface area contributed by atoms with Crippen LogP contribution in [0.3, 0.4) is 0 Å². The van der Waals surface area contributed by atoms with Gasteiger partial charge in [0.15, 0.2) is 0 Å². The second-order valence-corrected chi connectivity index (χ2v) is 12.8. The Labute approximate surface area is 263 Å². The fourth-order valence-corrected chi connectivity index (χ4v) is 6.77. The van der Waals surface area contributed by atoms with Gasteiger partial charge in [0.25, 0.3) is 11.5 Å². The molecule has 0 spiro atoms. The highest BCUT2D eigenvalue weighted by Gasteiger charge is 2.35. The molecule has 1 amide bonds. The van der Waals surface area contributed by atoms with Crippen LogP contribution in [0.25, 0.3) is 21.8 Å². The third-order valence-electron chi connectivity index (χ3n) is 9.10. The second kappa shape index (κ2) is 11.2. The Morgan fingerprint density at radius 1 is 1.00 bits per heavy atom. The molecule has 0 bridgehead atoms. The molecule has 1 saturated heterocycles. The maximum absolute atomic E-state index is 14.4. The second-order valence-electron chi connectivity index (χ2n) is 12.4. The third-order valence-corrected chi connectivity index (χ3v) is 9.39. The lowest BCUT2D eigenvalue weighted by atomic mass is 10.0. The first-order valence-electron chi connectivity index (χ1n) is 15.1. The lowest BCUT2D eigenvalue weighted by molar-refractivity contribution is 0.0263. The Kier molecular flexibility index (Phi) is 7.32. The highest BCUT2D eigenvalue weighted by Crippen LogP contribution is 2.38. The maximum Gasteiger partial charge on any atom is 0.259 e. The first-order chi connectivity index (χ1) is 21.6. The summed E-state index contributed by atoms with van der Waals surface area (Å²) in [5, 5.41) is 9.76. The van der Waals surface area contributed by atoms with Gasteiger partial charge in [-0.3, -0.25) is 19.3 Å². The fourth-order valence-electron chi connectivity index (χ4n) is 6.61. The van der Waals surface area contributed by atoms with E-state index in [1.807, 2.05) is 54.9 Å². The molecule has 7 rings (SSSR count). The fraction of sp³-hybridized carbons (Fsp3) is 0.364. The van der Waals surface area contributed by atoms with Crippen molar-refractivity contribution in [2.24, 2.45) is 7.05 Å². The Morgan fingerprint density at radius 2 is 1.73 bits per heavy atom. The van der Waals surface area contributed by atoms with E-state index in [0.29, 0.717) is 37.3 Å². The molecule has 12 heteroatoms. The summed E-state index contributed by atoms with van der Waals surface area (Å²) in [6.07, 6.45) is 5.34. The third kappa shape index (κ3) is 5.33. The SMILES string of the molecule is C[C@@H]1CN(C(=O)c2cn(C3CC3)c3cc(Cl)c(F)cc3c2=O)C[C@H](C)N1Cc1cn(Cc2cc3ccccc3n(C)c2=O)nn1. The van der Waals surface area contributed by atoms with E-state index in [1.54, 1.807) is 27.4 Å². The number of carbonyl (C=O) groups excluding carboxylic acids is 1. The molecular formula is C33H33ClFN7O3. The summed E-state index contributed by atoms with van der Waals surface area (Å²) in [6.45, 7) is 5.74. The van der Waals surface area contributed by atoms with Crippen LogP contribution in [0.15, 0.2) is 64.4 Å². The summed E-state index contributed by atoms with van der Waals surface area (Å²) in [5.74, 6) is -1.03. The molecule has 0 radical (unpaired) electrons. The number of piperazine rings is 1. The minimum atomic E-state index is -0.680. The summed E-state index contributed by atoms with van der Waals surface area (Å²) < 4.78 is 19.6. The molecule has 1 saturated carbocycles. The average Bonchev–Trinajstić information content (AvgIpc) is 3.77. The van der Waals surface area contributed by atoms with Gasteiger partial charge in [-0.25, -0.2) is 9.07 Å². The van der Waals surface area contributed by atoms with Gasteiger partial charge in [-0.2, -0.15) is 0 Å². The predicted molar refractivity (Wildman–Crippen MR) is 170 cm³/mol. The van der Waals surface area contributed by atoms with Gasteiger partial charge >= 0.3 is 0 Å². The van der Waals surface area contributed by atoms with Crippen LogP contribution in [0.1, 0.15) is 54.3 Å². The molecular weight excluding hydrogens is 597 g/mol. The maximum atomic E-state index is 14.4. The molecule has 1 aliphatic carbocycles. The number of rotatable bonds is 6. The number of para-hydroxylation sites is 1. The van der Waals surface area contributed by atoms with Crippen LogP contribution in [0, 0.1) is 5.82 Å². The van der Waals surface area contributed by atoms with E-state index < -0.39 is 11.2 Å². The van der Waals surface area contributed by atoms with Gasteiger partial charge in [0.2, 0.25) is 5.43 Å². The predicted octanol–water partition coefficient (Wildman–Crippen LogP) is 4.36.